The van der Waals surface area contributed by atoms with Crippen molar-refractivity contribution >= 4 is 0 Å². The quantitative estimate of drug-likeness (QED) is 0.271. The van der Waals surface area contributed by atoms with E-state index in [0.29, 0.717) is 0 Å². The number of hydrogen-bond acceptors (Lipinski definition) is 0. The maximum absolute atomic E-state index is 3.33. The first-order valence-corrected chi connectivity index (χ1v) is 8.52. The molecular formula is C19H35. The van der Waals surface area contributed by atoms with Gasteiger partial charge in [-0.15, -0.1) is 11.8 Å². The topological polar surface area (TPSA) is 0 Å². The van der Waals surface area contributed by atoms with Gasteiger partial charge in [0.25, 0.3) is 0 Å². The summed E-state index contributed by atoms with van der Waals surface area (Å²) in [5.41, 5.74) is 0. The van der Waals surface area contributed by atoms with Crippen molar-refractivity contribution in [3.8, 4) is 11.8 Å². The highest BCUT2D eigenvalue weighted by molar-refractivity contribution is 4.98. The molecule has 0 aliphatic rings. The lowest BCUT2D eigenvalue weighted by molar-refractivity contribution is 0.587. The van der Waals surface area contributed by atoms with Crippen molar-refractivity contribution in [1.29, 1.82) is 0 Å². The second-order valence-electron chi connectivity index (χ2n) is 5.99. The molecule has 19 heavy (non-hydrogen) atoms. The molecule has 0 nitrogen and oxygen atoms in total. The number of rotatable bonds is 12. The third-order valence-corrected chi connectivity index (χ3v) is 3.51. The van der Waals surface area contributed by atoms with Gasteiger partial charge in [-0.2, -0.15) is 0 Å². The zero-order chi connectivity index (χ0) is 14.2. The largest absolute Gasteiger partial charge is 0.103 e. The van der Waals surface area contributed by atoms with Gasteiger partial charge in [-0.3, -0.25) is 0 Å². The Bertz CT molecular complexity index is 216. The SMILES string of the molecule is CCCCCCC#CCCCCCCCC[C](C)C. The lowest BCUT2D eigenvalue weighted by Crippen LogP contribution is -1.85. The highest BCUT2D eigenvalue weighted by atomic mass is 14.0. The van der Waals surface area contributed by atoms with Crippen LogP contribution in [-0.4, -0.2) is 0 Å². The zero-order valence-corrected chi connectivity index (χ0v) is 13.7. The predicted octanol–water partition coefficient (Wildman–Crippen LogP) is 6.70. The van der Waals surface area contributed by atoms with Crippen molar-refractivity contribution in [3.63, 3.8) is 0 Å². The second kappa shape index (κ2) is 15.6. The van der Waals surface area contributed by atoms with E-state index in [9.17, 15) is 0 Å². The van der Waals surface area contributed by atoms with Crippen LogP contribution in [0.5, 0.6) is 0 Å². The standard InChI is InChI=1S/C19H35/c1-4-5-6-7-8-9-10-11-12-13-14-15-16-17-18-19(2)3/h4-8,11-18H2,1-3H3. The van der Waals surface area contributed by atoms with Gasteiger partial charge in [0.05, 0.1) is 0 Å². The van der Waals surface area contributed by atoms with Crippen LogP contribution in [0.15, 0.2) is 0 Å². The van der Waals surface area contributed by atoms with Gasteiger partial charge in [-0.05, 0) is 25.2 Å². The molecule has 0 bridgehead atoms. The van der Waals surface area contributed by atoms with Gasteiger partial charge >= 0.3 is 0 Å². The Morgan fingerprint density at radius 2 is 1.11 bits per heavy atom. The van der Waals surface area contributed by atoms with Gasteiger partial charge in [-0.25, -0.2) is 0 Å². The summed E-state index contributed by atoms with van der Waals surface area (Å²) in [5.74, 6) is 8.22. The molecule has 0 aromatic rings. The van der Waals surface area contributed by atoms with Crippen LogP contribution < -0.4 is 0 Å². The van der Waals surface area contributed by atoms with E-state index in [1.165, 1.54) is 70.6 Å². The van der Waals surface area contributed by atoms with Gasteiger partial charge in [-0.1, -0.05) is 72.1 Å². The molecule has 0 heterocycles. The average Bonchev–Trinajstić information content (AvgIpc) is 2.39. The molecule has 0 aromatic heterocycles. The van der Waals surface area contributed by atoms with Crippen LogP contribution in [0.4, 0.5) is 0 Å². The minimum Gasteiger partial charge on any atom is -0.103 e. The monoisotopic (exact) mass is 263 g/mol. The minimum absolute atomic E-state index is 1.12. The van der Waals surface area contributed by atoms with Crippen LogP contribution in [0.2, 0.25) is 0 Å². The summed E-state index contributed by atoms with van der Waals surface area (Å²) < 4.78 is 0. The molecular weight excluding hydrogens is 228 g/mol. The predicted molar refractivity (Wildman–Crippen MR) is 88.1 cm³/mol. The van der Waals surface area contributed by atoms with Crippen molar-refractivity contribution in [2.45, 2.75) is 104 Å². The molecule has 0 N–H and O–H groups in total. The summed E-state index contributed by atoms with van der Waals surface area (Å²) in [6.07, 6.45) is 17.2. The summed E-state index contributed by atoms with van der Waals surface area (Å²) in [4.78, 5) is 0. The number of hydrogen-bond donors (Lipinski definition) is 0. The normalized spacial score (nSPS) is 10.5. The Hall–Kier alpha value is -0.440. The molecule has 0 rings (SSSR count). The van der Waals surface area contributed by atoms with Gasteiger partial charge in [0.2, 0.25) is 0 Å². The molecule has 0 fully saturated rings. The Labute approximate surface area is 122 Å². The molecule has 0 aromatic carbocycles. The summed E-state index contributed by atoms with van der Waals surface area (Å²) in [7, 11) is 0. The first-order valence-electron chi connectivity index (χ1n) is 8.52. The van der Waals surface area contributed by atoms with Crippen LogP contribution >= 0.6 is 0 Å². The maximum Gasteiger partial charge on any atom is 0.00886 e. The summed E-state index contributed by atoms with van der Waals surface area (Å²) >= 11 is 0. The van der Waals surface area contributed by atoms with Gasteiger partial charge in [0.15, 0.2) is 0 Å². The van der Waals surface area contributed by atoms with E-state index in [4.69, 9.17) is 0 Å². The first-order chi connectivity index (χ1) is 9.27. The third kappa shape index (κ3) is 17.6. The highest BCUT2D eigenvalue weighted by Crippen LogP contribution is 2.12. The van der Waals surface area contributed by atoms with Crippen LogP contribution in [0.1, 0.15) is 104 Å². The van der Waals surface area contributed by atoms with E-state index in [1.54, 1.807) is 5.92 Å². The Balaban J connectivity index is 3.08. The lowest BCUT2D eigenvalue weighted by atomic mass is 10.0. The molecule has 0 unspecified atom stereocenters. The Morgan fingerprint density at radius 3 is 1.63 bits per heavy atom. The molecule has 0 aliphatic heterocycles. The second-order valence-corrected chi connectivity index (χ2v) is 5.99. The fourth-order valence-electron chi connectivity index (χ4n) is 2.22. The minimum atomic E-state index is 1.12. The van der Waals surface area contributed by atoms with Gasteiger partial charge < -0.3 is 0 Å². The van der Waals surface area contributed by atoms with E-state index in [1.807, 2.05) is 0 Å². The molecule has 0 amide bonds. The van der Waals surface area contributed by atoms with Crippen LogP contribution in [0.25, 0.3) is 0 Å². The molecule has 0 atom stereocenters. The fraction of sp³-hybridized carbons (Fsp3) is 0.842. The van der Waals surface area contributed by atoms with E-state index >= 15 is 0 Å². The van der Waals surface area contributed by atoms with Crippen LogP contribution in [-0.2, 0) is 0 Å². The molecule has 0 saturated heterocycles. The van der Waals surface area contributed by atoms with E-state index in [2.05, 4.69) is 32.6 Å². The highest BCUT2D eigenvalue weighted by Gasteiger charge is 1.94. The van der Waals surface area contributed by atoms with Crippen molar-refractivity contribution in [2.75, 3.05) is 0 Å². The van der Waals surface area contributed by atoms with Crippen LogP contribution in [0, 0.1) is 17.8 Å². The van der Waals surface area contributed by atoms with E-state index in [-0.39, 0.29) is 0 Å². The first kappa shape index (κ1) is 18.6. The van der Waals surface area contributed by atoms with Crippen molar-refractivity contribution < 1.29 is 0 Å². The average molecular weight is 263 g/mol. The van der Waals surface area contributed by atoms with E-state index < -0.39 is 0 Å². The number of unbranched alkanes of at least 4 members (excludes halogenated alkanes) is 10. The lowest BCUT2D eigenvalue weighted by Gasteiger charge is -2.03. The Kier molecular flexibility index (Phi) is 15.3. The molecule has 0 saturated carbocycles. The van der Waals surface area contributed by atoms with Crippen LogP contribution in [0.3, 0.4) is 0 Å². The van der Waals surface area contributed by atoms with Crippen molar-refractivity contribution in [1.82, 2.24) is 0 Å². The maximum atomic E-state index is 3.33. The molecule has 0 spiro atoms. The van der Waals surface area contributed by atoms with Gasteiger partial charge in [0, 0.05) is 12.8 Å². The smallest absolute Gasteiger partial charge is 0.00886 e. The van der Waals surface area contributed by atoms with E-state index in [0.717, 1.165) is 12.8 Å². The Morgan fingerprint density at radius 1 is 0.632 bits per heavy atom. The molecule has 0 aliphatic carbocycles. The zero-order valence-electron chi connectivity index (χ0n) is 13.7. The third-order valence-electron chi connectivity index (χ3n) is 3.51. The van der Waals surface area contributed by atoms with Crippen molar-refractivity contribution in [2.24, 2.45) is 0 Å². The summed E-state index contributed by atoms with van der Waals surface area (Å²) in [6, 6.07) is 0. The molecule has 0 heteroatoms. The fourth-order valence-corrected chi connectivity index (χ4v) is 2.22. The molecule has 111 valence electrons. The molecule has 1 radical (unpaired) electrons. The summed E-state index contributed by atoms with van der Waals surface area (Å²) in [5, 5.41) is 0. The summed E-state index contributed by atoms with van der Waals surface area (Å²) in [6.45, 7) is 6.73. The van der Waals surface area contributed by atoms with Gasteiger partial charge in [0.1, 0.15) is 0 Å². The van der Waals surface area contributed by atoms with Crippen molar-refractivity contribution in [3.05, 3.63) is 5.92 Å².